The summed E-state index contributed by atoms with van der Waals surface area (Å²) < 4.78 is 10.0. The maximum Gasteiger partial charge on any atom is 0.336 e. The van der Waals surface area contributed by atoms with Crippen LogP contribution in [0.2, 0.25) is 0 Å². The highest BCUT2D eigenvalue weighted by Gasteiger charge is 2.01. The summed E-state index contributed by atoms with van der Waals surface area (Å²) in [7, 11) is 0. The van der Waals surface area contributed by atoms with Crippen LogP contribution in [-0.4, -0.2) is 11.9 Å². The molecule has 112 valence electrons. The number of carbonyl (C=O) groups excluding carboxylic acids is 2. The van der Waals surface area contributed by atoms with Gasteiger partial charge in [-0.05, 0) is 48.0 Å². The summed E-state index contributed by atoms with van der Waals surface area (Å²) >= 11 is 0. The number of esters is 2. The molecule has 0 bridgehead atoms. The lowest BCUT2D eigenvalue weighted by Gasteiger charge is -2.02. The first kappa shape index (κ1) is 15.3. The van der Waals surface area contributed by atoms with E-state index >= 15 is 0 Å². The van der Waals surface area contributed by atoms with Crippen LogP contribution in [0.3, 0.4) is 0 Å². The largest absolute Gasteiger partial charge is 0.427 e. The molecule has 22 heavy (non-hydrogen) atoms. The predicted molar refractivity (Wildman–Crippen MR) is 83.3 cm³/mol. The van der Waals surface area contributed by atoms with Crippen molar-refractivity contribution in [1.29, 1.82) is 0 Å². The molecule has 0 spiro atoms. The zero-order valence-corrected chi connectivity index (χ0v) is 12.0. The van der Waals surface area contributed by atoms with Gasteiger partial charge in [0.05, 0.1) is 0 Å². The number of ether oxygens (including phenoxy) is 2. The Morgan fingerprint density at radius 1 is 0.909 bits per heavy atom. The molecule has 0 aliphatic rings. The number of rotatable bonds is 4. The van der Waals surface area contributed by atoms with Crippen LogP contribution in [0.25, 0.3) is 6.08 Å². The Balaban J connectivity index is 1.94. The third-order valence-electron chi connectivity index (χ3n) is 2.65. The van der Waals surface area contributed by atoms with Crippen molar-refractivity contribution in [2.75, 3.05) is 5.73 Å². The summed E-state index contributed by atoms with van der Waals surface area (Å²) in [6, 6.07) is 13.3. The minimum atomic E-state index is -0.492. The molecule has 0 fully saturated rings. The zero-order valence-electron chi connectivity index (χ0n) is 12.0. The van der Waals surface area contributed by atoms with Gasteiger partial charge in [0, 0.05) is 18.7 Å². The third kappa shape index (κ3) is 4.79. The lowest BCUT2D eigenvalue weighted by Crippen LogP contribution is -2.03. The number of anilines is 1. The van der Waals surface area contributed by atoms with Gasteiger partial charge in [0.1, 0.15) is 11.5 Å². The molecule has 0 aliphatic carbocycles. The van der Waals surface area contributed by atoms with Gasteiger partial charge in [-0.15, -0.1) is 0 Å². The van der Waals surface area contributed by atoms with Crippen LogP contribution in [0.15, 0.2) is 54.6 Å². The van der Waals surface area contributed by atoms with Crippen molar-refractivity contribution in [2.24, 2.45) is 0 Å². The van der Waals surface area contributed by atoms with Crippen LogP contribution in [0.4, 0.5) is 5.69 Å². The Morgan fingerprint density at radius 3 is 2.05 bits per heavy atom. The molecule has 2 aromatic rings. The summed E-state index contributed by atoms with van der Waals surface area (Å²) in [5, 5.41) is 0. The van der Waals surface area contributed by atoms with E-state index in [1.165, 1.54) is 13.0 Å². The predicted octanol–water partition coefficient (Wildman–Crippen LogP) is 2.81. The minimum absolute atomic E-state index is 0.379. The van der Waals surface area contributed by atoms with E-state index in [1.54, 1.807) is 54.6 Å². The monoisotopic (exact) mass is 297 g/mol. The number of benzene rings is 2. The van der Waals surface area contributed by atoms with Crippen molar-refractivity contribution < 1.29 is 19.1 Å². The SMILES string of the molecule is CC(=O)Oc1ccc(/C=C/C(=O)Oc2ccc(N)cc2)cc1. The van der Waals surface area contributed by atoms with Crippen molar-refractivity contribution in [3.05, 3.63) is 60.2 Å². The van der Waals surface area contributed by atoms with E-state index in [4.69, 9.17) is 15.2 Å². The third-order valence-corrected chi connectivity index (χ3v) is 2.65. The Kier molecular flexibility index (Phi) is 4.93. The highest BCUT2D eigenvalue weighted by atomic mass is 16.5. The molecule has 2 N–H and O–H groups in total. The molecule has 0 atom stereocenters. The Labute approximate surface area is 128 Å². The first-order chi connectivity index (χ1) is 10.5. The molecule has 0 amide bonds. The molecule has 0 unspecified atom stereocenters. The topological polar surface area (TPSA) is 78.6 Å². The molecule has 5 heteroatoms. The molecule has 0 saturated carbocycles. The number of nitrogen functional groups attached to an aromatic ring is 1. The lowest BCUT2D eigenvalue weighted by atomic mass is 10.2. The summed E-state index contributed by atoms with van der Waals surface area (Å²) in [5.74, 6) is 0.00681. The average molecular weight is 297 g/mol. The van der Waals surface area contributed by atoms with E-state index in [1.807, 2.05) is 0 Å². The molecule has 5 nitrogen and oxygen atoms in total. The highest BCUT2D eigenvalue weighted by molar-refractivity contribution is 5.88. The standard InChI is InChI=1S/C17H15NO4/c1-12(19)21-15-7-2-13(3-8-15)4-11-17(20)22-16-9-5-14(18)6-10-16/h2-11H,18H2,1H3/b11-4+. The van der Waals surface area contributed by atoms with Gasteiger partial charge in [0.2, 0.25) is 0 Å². The van der Waals surface area contributed by atoms with E-state index in [0.29, 0.717) is 17.2 Å². The molecule has 2 aromatic carbocycles. The summed E-state index contributed by atoms with van der Waals surface area (Å²) in [5.41, 5.74) is 6.93. The fraction of sp³-hybridized carbons (Fsp3) is 0.0588. The Hall–Kier alpha value is -3.08. The van der Waals surface area contributed by atoms with Gasteiger partial charge in [-0.3, -0.25) is 4.79 Å². The average Bonchev–Trinajstić information content (AvgIpc) is 2.48. The number of nitrogens with two attached hydrogens (primary N) is 1. The molecular formula is C17H15NO4. The zero-order chi connectivity index (χ0) is 15.9. The molecular weight excluding hydrogens is 282 g/mol. The maximum atomic E-state index is 11.7. The fourth-order valence-electron chi connectivity index (χ4n) is 1.66. The highest BCUT2D eigenvalue weighted by Crippen LogP contribution is 2.15. The molecule has 0 radical (unpaired) electrons. The Bertz CT molecular complexity index is 688. The van der Waals surface area contributed by atoms with E-state index in [0.717, 1.165) is 5.56 Å². The van der Waals surface area contributed by atoms with Gasteiger partial charge < -0.3 is 15.2 Å². The smallest absolute Gasteiger partial charge is 0.336 e. The molecule has 0 aliphatic heterocycles. The first-order valence-electron chi connectivity index (χ1n) is 6.57. The van der Waals surface area contributed by atoms with Crippen LogP contribution >= 0.6 is 0 Å². The van der Waals surface area contributed by atoms with Crippen LogP contribution < -0.4 is 15.2 Å². The van der Waals surface area contributed by atoms with Gasteiger partial charge in [0.25, 0.3) is 0 Å². The second-order valence-corrected chi connectivity index (χ2v) is 4.49. The lowest BCUT2D eigenvalue weighted by molar-refractivity contribution is -0.132. The van der Waals surface area contributed by atoms with Crippen molar-refractivity contribution in [2.45, 2.75) is 6.92 Å². The van der Waals surface area contributed by atoms with Crippen molar-refractivity contribution in [3.63, 3.8) is 0 Å². The quantitative estimate of drug-likeness (QED) is 0.406. The van der Waals surface area contributed by atoms with E-state index in [2.05, 4.69) is 0 Å². The van der Waals surface area contributed by atoms with E-state index in [-0.39, 0.29) is 5.97 Å². The van der Waals surface area contributed by atoms with Gasteiger partial charge in [-0.2, -0.15) is 0 Å². The van der Waals surface area contributed by atoms with Crippen molar-refractivity contribution in [3.8, 4) is 11.5 Å². The fourth-order valence-corrected chi connectivity index (χ4v) is 1.66. The van der Waals surface area contributed by atoms with Crippen LogP contribution in [-0.2, 0) is 9.59 Å². The summed E-state index contributed by atoms with van der Waals surface area (Å²) in [6.45, 7) is 1.33. The van der Waals surface area contributed by atoms with Crippen LogP contribution in [0, 0.1) is 0 Å². The minimum Gasteiger partial charge on any atom is -0.427 e. The molecule has 2 rings (SSSR count). The van der Waals surface area contributed by atoms with Gasteiger partial charge >= 0.3 is 11.9 Å². The van der Waals surface area contributed by atoms with E-state index in [9.17, 15) is 9.59 Å². The van der Waals surface area contributed by atoms with Crippen molar-refractivity contribution in [1.82, 2.24) is 0 Å². The molecule has 0 heterocycles. The first-order valence-corrected chi connectivity index (χ1v) is 6.57. The number of carbonyl (C=O) groups is 2. The Morgan fingerprint density at radius 2 is 1.45 bits per heavy atom. The van der Waals surface area contributed by atoms with Crippen LogP contribution in [0.5, 0.6) is 11.5 Å². The maximum absolute atomic E-state index is 11.7. The summed E-state index contributed by atoms with van der Waals surface area (Å²) in [4.78, 5) is 22.5. The second kappa shape index (κ2) is 7.08. The number of hydrogen-bond donors (Lipinski definition) is 1. The van der Waals surface area contributed by atoms with Gasteiger partial charge in [-0.1, -0.05) is 12.1 Å². The van der Waals surface area contributed by atoms with Gasteiger partial charge in [0.15, 0.2) is 0 Å². The van der Waals surface area contributed by atoms with Crippen molar-refractivity contribution >= 4 is 23.7 Å². The number of hydrogen-bond acceptors (Lipinski definition) is 5. The normalized spacial score (nSPS) is 10.4. The van der Waals surface area contributed by atoms with E-state index < -0.39 is 5.97 Å². The van der Waals surface area contributed by atoms with Gasteiger partial charge in [-0.25, -0.2) is 4.79 Å². The summed E-state index contributed by atoms with van der Waals surface area (Å²) in [6.07, 6.45) is 2.92. The van der Waals surface area contributed by atoms with Crippen LogP contribution in [0.1, 0.15) is 12.5 Å². The second-order valence-electron chi connectivity index (χ2n) is 4.49. The molecule has 0 aromatic heterocycles. The molecule has 0 saturated heterocycles.